The molecule has 1 aromatic carbocycles. The molecule has 0 N–H and O–H groups in total. The minimum atomic E-state index is 0.157. The maximum absolute atomic E-state index is 11.7. The van der Waals surface area contributed by atoms with Gasteiger partial charge in [-0.15, -0.1) is 0 Å². The summed E-state index contributed by atoms with van der Waals surface area (Å²) >= 11 is 0. The van der Waals surface area contributed by atoms with Crippen LogP contribution in [0.4, 0.5) is 0 Å². The zero-order valence-corrected chi connectivity index (χ0v) is 11.2. The average Bonchev–Trinajstić information content (AvgIpc) is 3.08. The van der Waals surface area contributed by atoms with Crippen LogP contribution < -0.4 is 0 Å². The number of carbonyl (C=O) groups is 1. The van der Waals surface area contributed by atoms with Crippen LogP contribution in [0.3, 0.4) is 0 Å². The van der Waals surface area contributed by atoms with E-state index in [0.717, 1.165) is 13.0 Å². The smallest absolute Gasteiger partial charge is 0.226 e. The second kappa shape index (κ2) is 4.97. The monoisotopic (exact) mass is 243 g/mol. The number of amides is 1. The van der Waals surface area contributed by atoms with E-state index in [4.69, 9.17) is 0 Å². The van der Waals surface area contributed by atoms with Crippen LogP contribution in [0.2, 0.25) is 0 Å². The minimum Gasteiger partial charge on any atom is -0.319 e. The summed E-state index contributed by atoms with van der Waals surface area (Å²) in [4.78, 5) is 13.5. The Labute approximate surface area is 109 Å². The topological polar surface area (TPSA) is 20.3 Å². The molecule has 96 valence electrons. The molecule has 2 unspecified atom stereocenters. The third kappa shape index (κ3) is 2.47. The summed E-state index contributed by atoms with van der Waals surface area (Å²) in [6, 6.07) is 10.6. The van der Waals surface area contributed by atoms with Gasteiger partial charge in [0.2, 0.25) is 5.91 Å². The maximum Gasteiger partial charge on any atom is 0.226 e. The Morgan fingerprint density at radius 2 is 2.17 bits per heavy atom. The average molecular weight is 243 g/mol. The van der Waals surface area contributed by atoms with Gasteiger partial charge in [-0.25, -0.2) is 0 Å². The molecule has 2 nitrogen and oxygen atoms in total. The summed E-state index contributed by atoms with van der Waals surface area (Å²) in [6.45, 7) is 8.67. The summed E-state index contributed by atoms with van der Waals surface area (Å²) in [5, 5.41) is 0. The summed E-state index contributed by atoms with van der Waals surface area (Å²) in [6.07, 6.45) is 3.36. The predicted molar refractivity (Wildman–Crippen MR) is 74.1 cm³/mol. The molecule has 0 bridgehead atoms. The fourth-order valence-electron chi connectivity index (χ4n) is 2.63. The Kier molecular flexibility index (Phi) is 3.55. The zero-order valence-electron chi connectivity index (χ0n) is 11.2. The van der Waals surface area contributed by atoms with E-state index in [9.17, 15) is 4.79 Å². The molecule has 2 atom stereocenters. The second-order valence-electron chi connectivity index (χ2n) is 5.38. The first-order chi connectivity index (χ1) is 8.60. The van der Waals surface area contributed by atoms with Gasteiger partial charge in [0.1, 0.15) is 0 Å². The normalized spacial score (nSPS) is 25.6. The van der Waals surface area contributed by atoms with Crippen molar-refractivity contribution in [2.24, 2.45) is 5.41 Å². The lowest BCUT2D eigenvalue weighted by atomic mass is 10.0. The molecule has 0 aromatic heterocycles. The van der Waals surface area contributed by atoms with Gasteiger partial charge in [0.25, 0.3) is 0 Å². The van der Waals surface area contributed by atoms with E-state index < -0.39 is 0 Å². The molecule has 1 saturated carbocycles. The number of nitrogens with zero attached hydrogens (tertiary/aromatic N) is 1. The first kappa shape index (κ1) is 12.9. The van der Waals surface area contributed by atoms with E-state index >= 15 is 0 Å². The molecule has 0 saturated heterocycles. The number of hydrogen-bond acceptors (Lipinski definition) is 1. The molecule has 1 fully saturated rings. The fourth-order valence-corrected chi connectivity index (χ4v) is 2.63. The Hall–Kier alpha value is -1.57. The van der Waals surface area contributed by atoms with Gasteiger partial charge in [-0.05, 0) is 29.5 Å². The third-order valence-electron chi connectivity index (χ3n) is 3.93. The number of rotatable bonds is 5. The van der Waals surface area contributed by atoms with Crippen LogP contribution in [0.5, 0.6) is 0 Å². The first-order valence-corrected chi connectivity index (χ1v) is 6.57. The van der Waals surface area contributed by atoms with Crippen LogP contribution in [0.25, 0.3) is 0 Å². The van der Waals surface area contributed by atoms with Gasteiger partial charge in [0, 0.05) is 13.0 Å². The molecule has 0 spiro atoms. The maximum atomic E-state index is 11.7. The van der Waals surface area contributed by atoms with Crippen LogP contribution in [0.15, 0.2) is 43.1 Å². The quantitative estimate of drug-likeness (QED) is 0.774. The Morgan fingerprint density at radius 3 is 2.72 bits per heavy atom. The summed E-state index contributed by atoms with van der Waals surface area (Å²) in [5.74, 6) is 0.732. The molecule has 0 heterocycles. The SMILES string of the molecule is C=CN(CC1(C)CC1c1ccccc1)C(=O)CC. The first-order valence-electron chi connectivity index (χ1n) is 6.57. The van der Waals surface area contributed by atoms with Gasteiger partial charge in [-0.3, -0.25) is 4.79 Å². The van der Waals surface area contributed by atoms with Crippen molar-refractivity contribution in [3.63, 3.8) is 0 Å². The van der Waals surface area contributed by atoms with Gasteiger partial charge in [0.05, 0.1) is 0 Å². The lowest BCUT2D eigenvalue weighted by Crippen LogP contribution is -2.30. The second-order valence-corrected chi connectivity index (χ2v) is 5.38. The van der Waals surface area contributed by atoms with Gasteiger partial charge in [0.15, 0.2) is 0 Å². The van der Waals surface area contributed by atoms with Crippen molar-refractivity contribution in [2.45, 2.75) is 32.6 Å². The Morgan fingerprint density at radius 1 is 1.50 bits per heavy atom. The van der Waals surface area contributed by atoms with Crippen LogP contribution in [-0.4, -0.2) is 17.4 Å². The molecule has 1 aliphatic rings. The van der Waals surface area contributed by atoms with Crippen LogP contribution in [0, 0.1) is 5.41 Å². The van der Waals surface area contributed by atoms with Crippen molar-refractivity contribution in [2.75, 3.05) is 6.54 Å². The van der Waals surface area contributed by atoms with Crippen LogP contribution >= 0.6 is 0 Å². The largest absolute Gasteiger partial charge is 0.319 e. The highest BCUT2D eigenvalue weighted by Crippen LogP contribution is 2.59. The van der Waals surface area contributed by atoms with Crippen LogP contribution in [0.1, 0.15) is 38.2 Å². The summed E-state index contributed by atoms with van der Waals surface area (Å²) in [7, 11) is 0. The van der Waals surface area contributed by atoms with Gasteiger partial charge >= 0.3 is 0 Å². The molecule has 1 amide bonds. The highest BCUT2D eigenvalue weighted by molar-refractivity contribution is 5.76. The Balaban J connectivity index is 2.03. The molecule has 2 rings (SSSR count). The summed E-state index contributed by atoms with van der Waals surface area (Å²) in [5.41, 5.74) is 1.59. The van der Waals surface area contributed by atoms with Crippen molar-refractivity contribution in [3.05, 3.63) is 48.7 Å². The number of carbonyl (C=O) groups excluding carboxylic acids is 1. The van der Waals surface area contributed by atoms with E-state index in [0.29, 0.717) is 12.3 Å². The third-order valence-corrected chi connectivity index (χ3v) is 3.93. The molecular weight excluding hydrogens is 222 g/mol. The van der Waals surface area contributed by atoms with Crippen molar-refractivity contribution in [3.8, 4) is 0 Å². The number of hydrogen-bond donors (Lipinski definition) is 0. The minimum absolute atomic E-state index is 0.157. The van der Waals surface area contributed by atoms with E-state index in [2.05, 4.69) is 37.8 Å². The Bertz CT molecular complexity index is 440. The van der Waals surface area contributed by atoms with Crippen LogP contribution in [-0.2, 0) is 4.79 Å². The molecule has 2 heteroatoms. The standard InChI is InChI=1S/C16H21NO/c1-4-15(18)17(5-2)12-16(3)11-14(16)13-9-7-6-8-10-13/h5-10,14H,2,4,11-12H2,1,3H3. The lowest BCUT2D eigenvalue weighted by Gasteiger charge is -2.22. The zero-order chi connectivity index (χ0) is 13.2. The molecular formula is C16H21NO. The summed E-state index contributed by atoms with van der Waals surface area (Å²) < 4.78 is 0. The van der Waals surface area contributed by atoms with Crippen molar-refractivity contribution < 1.29 is 4.79 Å². The molecule has 0 radical (unpaired) electrons. The fraction of sp³-hybridized carbons (Fsp3) is 0.438. The molecule has 0 aliphatic heterocycles. The van der Waals surface area contributed by atoms with E-state index in [1.54, 1.807) is 11.1 Å². The molecule has 1 aromatic rings. The van der Waals surface area contributed by atoms with E-state index in [1.165, 1.54) is 5.56 Å². The molecule has 1 aliphatic carbocycles. The highest BCUT2D eigenvalue weighted by atomic mass is 16.2. The lowest BCUT2D eigenvalue weighted by molar-refractivity contribution is -0.128. The predicted octanol–water partition coefficient (Wildman–Crippen LogP) is 3.56. The van der Waals surface area contributed by atoms with E-state index in [-0.39, 0.29) is 11.3 Å². The van der Waals surface area contributed by atoms with Gasteiger partial charge in [-0.2, -0.15) is 0 Å². The van der Waals surface area contributed by atoms with E-state index in [1.807, 2.05) is 13.0 Å². The van der Waals surface area contributed by atoms with Gasteiger partial charge < -0.3 is 4.90 Å². The molecule has 18 heavy (non-hydrogen) atoms. The number of benzene rings is 1. The van der Waals surface area contributed by atoms with Crippen molar-refractivity contribution in [1.29, 1.82) is 0 Å². The van der Waals surface area contributed by atoms with Crippen molar-refractivity contribution in [1.82, 2.24) is 4.90 Å². The van der Waals surface area contributed by atoms with Crippen molar-refractivity contribution >= 4 is 5.91 Å². The van der Waals surface area contributed by atoms with Gasteiger partial charge in [-0.1, -0.05) is 50.8 Å². The highest BCUT2D eigenvalue weighted by Gasteiger charge is 2.51.